The zero-order valence-corrected chi connectivity index (χ0v) is 24.1. The third kappa shape index (κ3) is 11.8. The van der Waals surface area contributed by atoms with Gasteiger partial charge in [-0.2, -0.15) is 13.2 Å². The van der Waals surface area contributed by atoms with Crippen LogP contribution in [-0.4, -0.2) is 71.8 Å². The number of nitrogen functional groups attached to an aromatic ring is 1. The fraction of sp³-hybridized carbons (Fsp3) is 0.200. The van der Waals surface area contributed by atoms with Crippen LogP contribution in [0.15, 0.2) is 78.9 Å². The van der Waals surface area contributed by atoms with Crippen LogP contribution < -0.4 is 16.4 Å². The summed E-state index contributed by atoms with van der Waals surface area (Å²) in [6.45, 7) is 0.0178. The molecule has 0 bridgehead atoms. The highest BCUT2D eigenvalue weighted by molar-refractivity contribution is 6.04. The number of carboxylic acid groups (broad SMARTS) is 1. The first-order valence-corrected chi connectivity index (χ1v) is 13.0. The average molecular weight is 630 g/mol. The molecule has 3 aromatic rings. The van der Waals surface area contributed by atoms with Gasteiger partial charge in [-0.3, -0.25) is 24.6 Å². The van der Waals surface area contributed by atoms with E-state index in [0.717, 1.165) is 5.56 Å². The van der Waals surface area contributed by atoms with E-state index in [0.29, 0.717) is 16.8 Å². The Bertz CT molecular complexity index is 1530. The average Bonchev–Trinajstić information content (AvgIpc) is 2.99. The molecule has 6 N–H and O–H groups in total. The van der Waals surface area contributed by atoms with Gasteiger partial charge in [0.25, 0.3) is 11.8 Å². The summed E-state index contributed by atoms with van der Waals surface area (Å²) >= 11 is 0. The van der Waals surface area contributed by atoms with E-state index in [9.17, 15) is 32.3 Å². The summed E-state index contributed by atoms with van der Waals surface area (Å²) in [5.41, 5.74) is 7.64. The molecule has 0 aliphatic rings. The summed E-state index contributed by atoms with van der Waals surface area (Å²) < 4.78 is 37.0. The fourth-order valence-corrected chi connectivity index (χ4v) is 3.43. The fourth-order valence-electron chi connectivity index (χ4n) is 3.43. The molecular formula is C30H30F3N5O7. The van der Waals surface area contributed by atoms with Crippen molar-refractivity contribution in [2.75, 3.05) is 19.4 Å². The van der Waals surface area contributed by atoms with Crippen LogP contribution in [0.25, 0.3) is 0 Å². The van der Waals surface area contributed by atoms with Gasteiger partial charge in [0.05, 0.1) is 6.42 Å². The van der Waals surface area contributed by atoms with E-state index >= 15 is 0 Å². The zero-order chi connectivity index (χ0) is 33.7. The SMILES string of the molecule is CN(C)C(=O)c1ccc(C(=O)N[C@H](CC(=O)OCc2ccccc2)C(=O)Nc2cccc(C(=N)N)c2)cc1.O=C(O)C(F)(F)F. The van der Waals surface area contributed by atoms with Crippen molar-refractivity contribution in [1.82, 2.24) is 10.2 Å². The van der Waals surface area contributed by atoms with Crippen LogP contribution in [0.2, 0.25) is 0 Å². The Morgan fingerprint density at radius 1 is 0.911 bits per heavy atom. The number of hydrogen-bond donors (Lipinski definition) is 5. The van der Waals surface area contributed by atoms with Crippen molar-refractivity contribution >= 4 is 41.2 Å². The Labute approximate surface area is 255 Å². The van der Waals surface area contributed by atoms with Crippen LogP contribution in [0.3, 0.4) is 0 Å². The third-order valence-corrected chi connectivity index (χ3v) is 5.72. The number of halogens is 3. The van der Waals surface area contributed by atoms with Gasteiger partial charge in [0, 0.05) is 36.5 Å². The van der Waals surface area contributed by atoms with Crippen LogP contribution >= 0.6 is 0 Å². The summed E-state index contributed by atoms with van der Waals surface area (Å²) in [5.74, 6) is -5.10. The molecule has 1 atom stereocenters. The van der Waals surface area contributed by atoms with E-state index in [4.69, 9.17) is 25.8 Å². The lowest BCUT2D eigenvalue weighted by molar-refractivity contribution is -0.192. The van der Waals surface area contributed by atoms with Crippen molar-refractivity contribution in [3.05, 3.63) is 101 Å². The number of hydrogen-bond acceptors (Lipinski definition) is 7. The molecule has 3 rings (SSSR count). The maximum absolute atomic E-state index is 13.1. The highest BCUT2D eigenvalue weighted by Crippen LogP contribution is 2.14. The molecule has 0 aliphatic heterocycles. The first-order valence-electron chi connectivity index (χ1n) is 13.0. The standard InChI is InChI=1S/C28H29N5O5.C2HF3O2/c1-33(2)28(37)20-13-11-19(12-14-20)26(35)32-23(16-24(34)38-17-18-7-4-3-5-8-18)27(36)31-22-10-6-9-21(15-22)25(29)30;3-2(4,5)1(6)7/h3-15,23H,16-17H2,1-2H3,(H3,29,30)(H,31,36)(H,32,35);(H,6,7)/t23-;/m1./s1. The number of carbonyl (C=O) groups excluding carboxylic acids is 4. The molecule has 0 radical (unpaired) electrons. The van der Waals surface area contributed by atoms with Crippen LogP contribution in [-0.2, 0) is 25.7 Å². The van der Waals surface area contributed by atoms with Crippen LogP contribution in [0.1, 0.15) is 38.3 Å². The Balaban J connectivity index is 0.000000900. The molecule has 15 heteroatoms. The number of alkyl halides is 3. The molecule has 0 heterocycles. The first-order chi connectivity index (χ1) is 21.1. The molecule has 0 saturated carbocycles. The van der Waals surface area contributed by atoms with E-state index in [2.05, 4.69) is 10.6 Å². The molecule has 3 aromatic carbocycles. The number of anilines is 1. The molecule has 238 valence electrons. The summed E-state index contributed by atoms with van der Waals surface area (Å²) in [6, 6.07) is 20.1. The largest absolute Gasteiger partial charge is 0.490 e. The Morgan fingerprint density at radius 2 is 1.49 bits per heavy atom. The minimum absolute atomic E-state index is 0.0178. The maximum Gasteiger partial charge on any atom is 0.490 e. The van der Waals surface area contributed by atoms with Crippen LogP contribution in [0.4, 0.5) is 18.9 Å². The molecule has 0 spiro atoms. The molecule has 0 unspecified atom stereocenters. The minimum Gasteiger partial charge on any atom is -0.475 e. The molecule has 0 aromatic heterocycles. The maximum atomic E-state index is 13.1. The Morgan fingerprint density at radius 3 is 2.02 bits per heavy atom. The van der Waals surface area contributed by atoms with Gasteiger partial charge < -0.3 is 31.1 Å². The Hall–Kier alpha value is -5.73. The van der Waals surface area contributed by atoms with Gasteiger partial charge in [-0.15, -0.1) is 0 Å². The van der Waals surface area contributed by atoms with E-state index in [-0.39, 0.29) is 23.9 Å². The second kappa shape index (κ2) is 16.2. The lowest BCUT2D eigenvalue weighted by atomic mass is 10.1. The summed E-state index contributed by atoms with van der Waals surface area (Å²) in [6.07, 6.45) is -5.51. The molecular weight excluding hydrogens is 599 g/mol. The number of esters is 1. The molecule has 0 saturated heterocycles. The van der Waals surface area contributed by atoms with Crippen molar-refractivity contribution in [1.29, 1.82) is 5.41 Å². The number of aliphatic carboxylic acids is 1. The van der Waals surface area contributed by atoms with Gasteiger partial charge in [0.2, 0.25) is 5.91 Å². The number of carboxylic acids is 1. The van der Waals surface area contributed by atoms with Crippen molar-refractivity contribution in [2.45, 2.75) is 25.2 Å². The number of nitrogens with one attached hydrogen (secondary N) is 3. The van der Waals surface area contributed by atoms with Gasteiger partial charge >= 0.3 is 18.1 Å². The molecule has 45 heavy (non-hydrogen) atoms. The molecule has 3 amide bonds. The van der Waals surface area contributed by atoms with Gasteiger partial charge in [-0.1, -0.05) is 42.5 Å². The highest BCUT2D eigenvalue weighted by atomic mass is 19.4. The molecule has 12 nitrogen and oxygen atoms in total. The normalized spacial score (nSPS) is 11.1. The molecule has 0 fully saturated rings. The lowest BCUT2D eigenvalue weighted by Gasteiger charge is -2.18. The topological polar surface area (TPSA) is 192 Å². The van der Waals surface area contributed by atoms with E-state index < -0.39 is 42.4 Å². The second-order valence-electron chi connectivity index (χ2n) is 9.44. The van der Waals surface area contributed by atoms with E-state index in [1.807, 2.05) is 18.2 Å². The van der Waals surface area contributed by atoms with Crippen molar-refractivity contribution in [2.24, 2.45) is 5.73 Å². The second-order valence-corrected chi connectivity index (χ2v) is 9.44. The van der Waals surface area contributed by atoms with Crippen LogP contribution in [0.5, 0.6) is 0 Å². The number of amides is 3. The monoisotopic (exact) mass is 629 g/mol. The number of ether oxygens (including phenoxy) is 1. The number of benzene rings is 3. The summed E-state index contributed by atoms with van der Waals surface area (Å²) in [7, 11) is 3.24. The van der Waals surface area contributed by atoms with Gasteiger partial charge in [0.15, 0.2) is 0 Å². The quantitative estimate of drug-likeness (QED) is 0.128. The van der Waals surface area contributed by atoms with E-state index in [1.165, 1.54) is 35.2 Å². The lowest BCUT2D eigenvalue weighted by Crippen LogP contribution is -2.45. The number of nitrogens with two attached hydrogens (primary N) is 1. The van der Waals surface area contributed by atoms with Gasteiger partial charge in [0.1, 0.15) is 18.5 Å². The molecule has 0 aliphatic carbocycles. The van der Waals surface area contributed by atoms with Crippen molar-refractivity contribution in [3.8, 4) is 0 Å². The van der Waals surface area contributed by atoms with E-state index in [1.54, 1.807) is 44.4 Å². The van der Waals surface area contributed by atoms with Gasteiger partial charge in [-0.05, 0) is 42.0 Å². The minimum atomic E-state index is -5.08. The third-order valence-electron chi connectivity index (χ3n) is 5.72. The van der Waals surface area contributed by atoms with Crippen molar-refractivity contribution in [3.63, 3.8) is 0 Å². The van der Waals surface area contributed by atoms with Crippen molar-refractivity contribution < 1.29 is 47.0 Å². The predicted octanol–water partition coefficient (Wildman–Crippen LogP) is 3.18. The number of rotatable bonds is 10. The predicted molar refractivity (Wildman–Crippen MR) is 156 cm³/mol. The number of amidine groups is 1. The number of nitrogens with zero attached hydrogens (tertiary/aromatic N) is 1. The van der Waals surface area contributed by atoms with Gasteiger partial charge in [-0.25, -0.2) is 4.79 Å². The number of carbonyl (C=O) groups is 5. The van der Waals surface area contributed by atoms with Crippen LogP contribution in [0, 0.1) is 5.41 Å². The first kappa shape index (κ1) is 35.5. The summed E-state index contributed by atoms with van der Waals surface area (Å²) in [4.78, 5) is 61.1. The highest BCUT2D eigenvalue weighted by Gasteiger charge is 2.38. The summed E-state index contributed by atoms with van der Waals surface area (Å²) in [5, 5.41) is 19.9. The zero-order valence-electron chi connectivity index (χ0n) is 24.1. The smallest absolute Gasteiger partial charge is 0.475 e. The Kier molecular flexibility index (Phi) is 12.8.